The molecule has 6 heteroatoms. The van der Waals surface area contributed by atoms with Crippen molar-refractivity contribution in [1.82, 2.24) is 4.90 Å². The van der Waals surface area contributed by atoms with Crippen molar-refractivity contribution >= 4 is 29.3 Å². The van der Waals surface area contributed by atoms with Gasteiger partial charge in [0.2, 0.25) is 0 Å². The number of likely N-dealkylation sites (tertiary alicyclic amines) is 1. The molecule has 0 radical (unpaired) electrons. The molecular weight excluding hydrogens is 316 g/mol. The van der Waals surface area contributed by atoms with E-state index in [9.17, 15) is 9.59 Å². The predicted octanol–water partition coefficient (Wildman–Crippen LogP) is 2.41. The summed E-state index contributed by atoms with van der Waals surface area (Å²) in [4.78, 5) is 26.5. The molecule has 0 bridgehead atoms. The van der Waals surface area contributed by atoms with E-state index >= 15 is 0 Å². The van der Waals surface area contributed by atoms with Gasteiger partial charge >= 0.3 is 5.63 Å². The van der Waals surface area contributed by atoms with Crippen molar-refractivity contribution in [3.8, 4) is 0 Å². The summed E-state index contributed by atoms with van der Waals surface area (Å²) in [5.41, 5.74) is 5.97. The average Bonchev–Trinajstić information content (AvgIpc) is 2.53. The largest absolute Gasteiger partial charge is 0.422 e. The van der Waals surface area contributed by atoms with Crippen molar-refractivity contribution in [2.45, 2.75) is 25.8 Å². The number of carbonyl (C=O) groups is 1. The number of rotatable bonds is 2. The fourth-order valence-corrected chi connectivity index (χ4v) is 3.00. The molecule has 2 aromatic rings. The van der Waals surface area contributed by atoms with Gasteiger partial charge in [0, 0.05) is 24.5 Å². The topological polar surface area (TPSA) is 76.5 Å². The zero-order valence-corrected chi connectivity index (χ0v) is 13.8. The molecule has 124 valence electrons. The molecule has 2 atom stereocenters. The number of nitrogens with two attached hydrogens (primary N) is 1. The van der Waals surface area contributed by atoms with Crippen LogP contribution in [0.15, 0.2) is 39.5 Å². The quantitative estimate of drug-likeness (QED) is 0.854. The Balaban J connectivity index is 0.00000192. The lowest BCUT2D eigenvalue weighted by atomic mass is 9.92. The molecule has 5 nitrogen and oxygen atoms in total. The molecule has 1 aromatic carbocycles. The Hall–Kier alpha value is -1.85. The van der Waals surface area contributed by atoms with Gasteiger partial charge in [0.1, 0.15) is 11.1 Å². The fraction of sp³-hybridized carbons (Fsp3) is 0.412. The third-order valence-electron chi connectivity index (χ3n) is 4.36. The SMILES string of the molecule is CC(N)C1CCCN(C(=O)c2cc3ccccc3oc2=O)C1.Cl. The summed E-state index contributed by atoms with van der Waals surface area (Å²) in [7, 11) is 0. The molecule has 1 saturated heterocycles. The van der Waals surface area contributed by atoms with Crippen LogP contribution >= 0.6 is 12.4 Å². The highest BCUT2D eigenvalue weighted by atomic mass is 35.5. The number of halogens is 1. The second-order valence-corrected chi connectivity index (χ2v) is 6.00. The van der Waals surface area contributed by atoms with Gasteiger partial charge in [0.25, 0.3) is 5.91 Å². The highest BCUT2D eigenvalue weighted by Gasteiger charge is 2.28. The van der Waals surface area contributed by atoms with Crippen molar-refractivity contribution < 1.29 is 9.21 Å². The van der Waals surface area contributed by atoms with Crippen LogP contribution in [0.25, 0.3) is 11.0 Å². The molecule has 3 rings (SSSR count). The van der Waals surface area contributed by atoms with Gasteiger partial charge in [-0.2, -0.15) is 0 Å². The number of carbonyl (C=O) groups excluding carboxylic acids is 1. The number of hydrogen-bond acceptors (Lipinski definition) is 4. The van der Waals surface area contributed by atoms with E-state index in [-0.39, 0.29) is 35.8 Å². The standard InChI is InChI=1S/C17H20N2O3.ClH/c1-11(18)13-6-4-8-19(10-13)16(20)14-9-12-5-2-3-7-15(12)22-17(14)21;/h2-3,5,7,9,11,13H,4,6,8,10,18H2,1H3;1H. The molecule has 1 aliphatic rings. The minimum Gasteiger partial charge on any atom is -0.422 e. The van der Waals surface area contributed by atoms with Gasteiger partial charge in [-0.25, -0.2) is 4.79 Å². The van der Waals surface area contributed by atoms with Gasteiger partial charge in [-0.15, -0.1) is 12.4 Å². The van der Waals surface area contributed by atoms with Crippen LogP contribution in [0.1, 0.15) is 30.1 Å². The Kier molecular flexibility index (Phi) is 5.44. The molecule has 1 aliphatic heterocycles. The Labute approximate surface area is 140 Å². The highest BCUT2D eigenvalue weighted by molar-refractivity contribution is 5.96. The molecular formula is C17H21ClN2O3. The van der Waals surface area contributed by atoms with E-state index in [0.717, 1.165) is 18.2 Å². The number of benzene rings is 1. The molecule has 23 heavy (non-hydrogen) atoms. The van der Waals surface area contributed by atoms with Crippen molar-refractivity contribution in [1.29, 1.82) is 0 Å². The van der Waals surface area contributed by atoms with E-state index in [1.165, 1.54) is 0 Å². The van der Waals surface area contributed by atoms with Gasteiger partial charge < -0.3 is 15.1 Å². The maximum atomic E-state index is 12.7. The monoisotopic (exact) mass is 336 g/mol. The number of amides is 1. The Morgan fingerprint density at radius 1 is 1.39 bits per heavy atom. The Morgan fingerprint density at radius 3 is 2.87 bits per heavy atom. The van der Waals surface area contributed by atoms with Crippen LogP contribution in [0.5, 0.6) is 0 Å². The van der Waals surface area contributed by atoms with Crippen molar-refractivity contribution in [3.05, 3.63) is 46.3 Å². The molecule has 1 aromatic heterocycles. The average molecular weight is 337 g/mol. The third-order valence-corrected chi connectivity index (χ3v) is 4.36. The third kappa shape index (κ3) is 3.57. The minimum atomic E-state index is -0.577. The first-order chi connectivity index (χ1) is 10.6. The minimum absolute atomic E-state index is 0. The molecule has 1 amide bonds. The van der Waals surface area contributed by atoms with Gasteiger partial charge in [-0.05, 0) is 37.8 Å². The summed E-state index contributed by atoms with van der Waals surface area (Å²) in [6.07, 6.45) is 1.94. The van der Waals surface area contributed by atoms with Gasteiger partial charge in [0.05, 0.1) is 0 Å². The van der Waals surface area contributed by atoms with Crippen molar-refractivity contribution in [2.24, 2.45) is 11.7 Å². The molecule has 0 spiro atoms. The Morgan fingerprint density at radius 2 is 2.13 bits per heavy atom. The second kappa shape index (κ2) is 7.15. The van der Waals surface area contributed by atoms with E-state index in [0.29, 0.717) is 18.7 Å². The maximum Gasteiger partial charge on any atom is 0.349 e. The first kappa shape index (κ1) is 17.5. The van der Waals surface area contributed by atoms with E-state index in [4.69, 9.17) is 10.2 Å². The highest BCUT2D eigenvalue weighted by Crippen LogP contribution is 2.21. The summed E-state index contributed by atoms with van der Waals surface area (Å²) < 4.78 is 5.25. The van der Waals surface area contributed by atoms with Crippen LogP contribution in [0.3, 0.4) is 0 Å². The summed E-state index contributed by atoms with van der Waals surface area (Å²) in [6, 6.07) is 8.87. The van der Waals surface area contributed by atoms with Gasteiger partial charge in [-0.1, -0.05) is 18.2 Å². The smallest absolute Gasteiger partial charge is 0.349 e. The number of fused-ring (bicyclic) bond motifs is 1. The summed E-state index contributed by atoms with van der Waals surface area (Å²) in [6.45, 7) is 3.22. The zero-order chi connectivity index (χ0) is 15.7. The lowest BCUT2D eigenvalue weighted by Crippen LogP contribution is -2.45. The van der Waals surface area contributed by atoms with Crippen LogP contribution in [-0.2, 0) is 0 Å². The summed E-state index contributed by atoms with van der Waals surface area (Å²) in [5.74, 6) is 0.0232. The number of nitrogens with zero attached hydrogens (tertiary/aromatic N) is 1. The fourth-order valence-electron chi connectivity index (χ4n) is 3.00. The molecule has 2 unspecified atom stereocenters. The molecule has 2 N–H and O–H groups in total. The van der Waals surface area contributed by atoms with Crippen molar-refractivity contribution in [2.75, 3.05) is 13.1 Å². The van der Waals surface area contributed by atoms with Gasteiger partial charge in [0.15, 0.2) is 0 Å². The molecule has 1 fully saturated rings. The van der Waals surface area contributed by atoms with Crippen LogP contribution in [0.4, 0.5) is 0 Å². The summed E-state index contributed by atoms with van der Waals surface area (Å²) in [5, 5.41) is 0.756. The van der Waals surface area contributed by atoms with E-state index < -0.39 is 5.63 Å². The second-order valence-electron chi connectivity index (χ2n) is 6.00. The normalized spacial score (nSPS) is 19.2. The lowest BCUT2D eigenvalue weighted by molar-refractivity contribution is 0.0657. The van der Waals surface area contributed by atoms with E-state index in [2.05, 4.69) is 0 Å². The van der Waals surface area contributed by atoms with Crippen LogP contribution < -0.4 is 11.4 Å². The molecule has 0 aliphatic carbocycles. The van der Waals surface area contributed by atoms with Crippen LogP contribution in [0, 0.1) is 5.92 Å². The number of piperidine rings is 1. The zero-order valence-electron chi connectivity index (χ0n) is 13.0. The lowest BCUT2D eigenvalue weighted by Gasteiger charge is -2.34. The first-order valence-electron chi connectivity index (χ1n) is 7.64. The van der Waals surface area contributed by atoms with Crippen LogP contribution in [-0.4, -0.2) is 29.9 Å². The number of hydrogen-bond donors (Lipinski definition) is 1. The number of para-hydroxylation sites is 1. The maximum absolute atomic E-state index is 12.7. The van der Waals surface area contributed by atoms with Crippen LogP contribution in [0.2, 0.25) is 0 Å². The van der Waals surface area contributed by atoms with E-state index in [1.54, 1.807) is 23.1 Å². The molecule has 0 saturated carbocycles. The molecule has 2 heterocycles. The van der Waals surface area contributed by atoms with Crippen molar-refractivity contribution in [3.63, 3.8) is 0 Å². The predicted molar refractivity (Wildman–Crippen MR) is 92.0 cm³/mol. The van der Waals surface area contributed by atoms with Gasteiger partial charge in [-0.3, -0.25) is 4.79 Å². The Bertz CT molecular complexity index is 757. The van der Waals surface area contributed by atoms with E-state index in [1.807, 2.05) is 19.1 Å². The summed E-state index contributed by atoms with van der Waals surface area (Å²) >= 11 is 0. The first-order valence-corrected chi connectivity index (χ1v) is 7.64.